The number of ether oxygens (including phenoxy) is 1. The van der Waals surface area contributed by atoms with E-state index in [1.807, 2.05) is 13.0 Å². The Morgan fingerprint density at radius 1 is 1.20 bits per heavy atom. The van der Waals surface area contributed by atoms with Crippen LogP contribution >= 0.6 is 0 Å². The van der Waals surface area contributed by atoms with E-state index in [9.17, 15) is 0 Å². The van der Waals surface area contributed by atoms with Crippen molar-refractivity contribution in [1.29, 1.82) is 5.41 Å². The van der Waals surface area contributed by atoms with Gasteiger partial charge in [0.05, 0.1) is 0 Å². The first kappa shape index (κ1) is 14.1. The van der Waals surface area contributed by atoms with Gasteiger partial charge in [-0.25, -0.2) is 0 Å². The molecule has 20 heavy (non-hydrogen) atoms. The smallest absolute Gasteiger partial charge is 0.141 e. The maximum Gasteiger partial charge on any atom is 0.141 e. The molecule has 0 aliphatic rings. The van der Waals surface area contributed by atoms with Gasteiger partial charge in [-0.2, -0.15) is 0 Å². The average molecular weight is 269 g/mol. The van der Waals surface area contributed by atoms with Crippen molar-refractivity contribution in [1.82, 2.24) is 4.98 Å². The van der Waals surface area contributed by atoms with Gasteiger partial charge in [-0.3, -0.25) is 10.4 Å². The van der Waals surface area contributed by atoms with Gasteiger partial charge in [0.25, 0.3) is 0 Å². The summed E-state index contributed by atoms with van der Waals surface area (Å²) in [6, 6.07) is 7.80. The predicted octanol–water partition coefficient (Wildman–Crippen LogP) is 2.87. The lowest BCUT2D eigenvalue weighted by atomic mass is 10.1. The Morgan fingerprint density at radius 2 is 1.90 bits per heavy atom. The highest BCUT2D eigenvalue weighted by molar-refractivity contribution is 5.93. The molecule has 0 amide bonds. The Balaban J connectivity index is 2.19. The summed E-state index contributed by atoms with van der Waals surface area (Å²) >= 11 is 0. The summed E-state index contributed by atoms with van der Waals surface area (Å²) in [5.74, 6) is 0.890. The number of nitrogens with one attached hydrogen (secondary N) is 1. The number of aryl methyl sites for hydroxylation is 2. The topological polar surface area (TPSA) is 72.0 Å². The van der Waals surface area contributed by atoms with E-state index in [1.54, 1.807) is 12.3 Å². The van der Waals surface area contributed by atoms with E-state index < -0.39 is 0 Å². The molecule has 0 saturated carbocycles. The fraction of sp³-hybridized carbons (Fsp3) is 0.250. The van der Waals surface area contributed by atoms with Crippen molar-refractivity contribution in [2.24, 2.45) is 5.73 Å². The Morgan fingerprint density at radius 3 is 2.60 bits per heavy atom. The third-order valence-corrected chi connectivity index (χ3v) is 3.36. The highest BCUT2D eigenvalue weighted by Gasteiger charge is 2.07. The van der Waals surface area contributed by atoms with Crippen molar-refractivity contribution in [2.75, 3.05) is 0 Å². The first-order valence-corrected chi connectivity index (χ1v) is 6.48. The van der Waals surface area contributed by atoms with Crippen molar-refractivity contribution < 1.29 is 4.74 Å². The fourth-order valence-electron chi connectivity index (χ4n) is 2.01. The highest BCUT2D eigenvalue weighted by Crippen LogP contribution is 2.26. The zero-order valence-corrected chi connectivity index (χ0v) is 12.0. The second kappa shape index (κ2) is 5.74. The van der Waals surface area contributed by atoms with Crippen molar-refractivity contribution in [3.05, 3.63) is 58.4 Å². The average Bonchev–Trinajstić information content (AvgIpc) is 2.43. The summed E-state index contributed by atoms with van der Waals surface area (Å²) in [6.45, 7) is 6.61. The SMILES string of the molecule is Cc1ccc(C)c(OCc2ccnc(C(=N)N)c2)c1C. The summed E-state index contributed by atoms with van der Waals surface area (Å²) in [5.41, 5.74) is 10.4. The van der Waals surface area contributed by atoms with Gasteiger partial charge in [0.2, 0.25) is 0 Å². The maximum absolute atomic E-state index is 7.40. The number of hydrogen-bond donors (Lipinski definition) is 2. The summed E-state index contributed by atoms with van der Waals surface area (Å²) in [6.07, 6.45) is 1.64. The molecule has 1 aromatic heterocycles. The van der Waals surface area contributed by atoms with E-state index in [4.69, 9.17) is 15.9 Å². The van der Waals surface area contributed by atoms with Gasteiger partial charge in [0.15, 0.2) is 0 Å². The van der Waals surface area contributed by atoms with Gasteiger partial charge in [-0.05, 0) is 55.2 Å². The summed E-state index contributed by atoms with van der Waals surface area (Å²) < 4.78 is 5.93. The van der Waals surface area contributed by atoms with Crippen LogP contribution in [0.1, 0.15) is 27.9 Å². The number of rotatable bonds is 4. The van der Waals surface area contributed by atoms with Crippen LogP contribution in [-0.2, 0) is 6.61 Å². The molecule has 2 rings (SSSR count). The molecular formula is C16H19N3O. The molecule has 0 aliphatic heterocycles. The summed E-state index contributed by atoms with van der Waals surface area (Å²) in [5, 5.41) is 7.40. The zero-order chi connectivity index (χ0) is 14.7. The first-order valence-electron chi connectivity index (χ1n) is 6.48. The minimum atomic E-state index is -0.0326. The Kier molecular flexibility index (Phi) is 4.03. The summed E-state index contributed by atoms with van der Waals surface area (Å²) in [7, 11) is 0. The maximum atomic E-state index is 7.40. The highest BCUT2D eigenvalue weighted by atomic mass is 16.5. The molecule has 0 aliphatic carbocycles. The molecule has 0 unspecified atom stereocenters. The molecule has 4 heteroatoms. The number of pyridine rings is 1. The van der Waals surface area contributed by atoms with Gasteiger partial charge < -0.3 is 10.5 Å². The molecule has 1 heterocycles. The van der Waals surface area contributed by atoms with Crippen LogP contribution in [-0.4, -0.2) is 10.8 Å². The first-order chi connectivity index (χ1) is 9.49. The lowest BCUT2D eigenvalue weighted by Gasteiger charge is -2.14. The lowest BCUT2D eigenvalue weighted by molar-refractivity contribution is 0.301. The van der Waals surface area contributed by atoms with E-state index in [-0.39, 0.29) is 5.84 Å². The second-order valence-corrected chi connectivity index (χ2v) is 4.91. The Hall–Kier alpha value is -2.36. The van der Waals surface area contributed by atoms with Crippen molar-refractivity contribution in [2.45, 2.75) is 27.4 Å². The third kappa shape index (κ3) is 2.96. The number of nitrogen functional groups attached to an aromatic ring is 1. The van der Waals surface area contributed by atoms with Gasteiger partial charge >= 0.3 is 0 Å². The monoisotopic (exact) mass is 269 g/mol. The normalized spacial score (nSPS) is 10.3. The molecule has 104 valence electrons. The van der Waals surface area contributed by atoms with Crippen LogP contribution in [0.5, 0.6) is 5.75 Å². The lowest BCUT2D eigenvalue weighted by Crippen LogP contribution is -2.13. The minimum Gasteiger partial charge on any atom is -0.488 e. The van der Waals surface area contributed by atoms with E-state index in [0.717, 1.165) is 22.4 Å². The Labute approximate surface area is 119 Å². The number of nitrogens with two attached hydrogens (primary N) is 1. The standard InChI is InChI=1S/C16H19N3O/c1-10-4-5-11(2)15(12(10)3)20-9-13-6-7-19-14(8-13)16(17)18/h4-8H,9H2,1-3H3,(H3,17,18). The van der Waals surface area contributed by atoms with E-state index in [2.05, 4.69) is 31.0 Å². The minimum absolute atomic E-state index is 0.0326. The molecule has 0 spiro atoms. The van der Waals surface area contributed by atoms with Gasteiger partial charge in [0.1, 0.15) is 23.9 Å². The predicted molar refractivity (Wildman–Crippen MR) is 80.2 cm³/mol. The van der Waals surface area contributed by atoms with E-state index >= 15 is 0 Å². The number of benzene rings is 1. The zero-order valence-electron chi connectivity index (χ0n) is 12.0. The van der Waals surface area contributed by atoms with Crippen LogP contribution in [0.2, 0.25) is 0 Å². The van der Waals surface area contributed by atoms with Crippen molar-refractivity contribution in [3.8, 4) is 5.75 Å². The molecule has 0 bridgehead atoms. The van der Waals surface area contributed by atoms with Gasteiger partial charge in [-0.1, -0.05) is 12.1 Å². The molecule has 0 radical (unpaired) electrons. The number of nitrogens with zero attached hydrogens (tertiary/aromatic N) is 1. The fourth-order valence-corrected chi connectivity index (χ4v) is 2.01. The number of hydrogen-bond acceptors (Lipinski definition) is 3. The van der Waals surface area contributed by atoms with Crippen molar-refractivity contribution in [3.63, 3.8) is 0 Å². The Bertz CT molecular complexity index is 650. The van der Waals surface area contributed by atoms with E-state index in [1.165, 1.54) is 5.56 Å². The van der Waals surface area contributed by atoms with Crippen LogP contribution < -0.4 is 10.5 Å². The molecule has 3 N–H and O–H groups in total. The van der Waals surface area contributed by atoms with Crippen LogP contribution in [0.3, 0.4) is 0 Å². The molecule has 2 aromatic rings. The third-order valence-electron chi connectivity index (χ3n) is 3.36. The van der Waals surface area contributed by atoms with Crippen LogP contribution in [0.15, 0.2) is 30.5 Å². The summed E-state index contributed by atoms with van der Waals surface area (Å²) in [4.78, 5) is 4.04. The van der Waals surface area contributed by atoms with Crippen LogP contribution in [0.4, 0.5) is 0 Å². The molecule has 0 atom stereocenters. The largest absolute Gasteiger partial charge is 0.488 e. The van der Waals surface area contributed by atoms with Crippen LogP contribution in [0.25, 0.3) is 0 Å². The molecule has 0 fully saturated rings. The molecule has 0 saturated heterocycles. The van der Waals surface area contributed by atoms with Crippen molar-refractivity contribution >= 4 is 5.84 Å². The van der Waals surface area contributed by atoms with Gasteiger partial charge in [-0.15, -0.1) is 0 Å². The molecular weight excluding hydrogens is 250 g/mol. The van der Waals surface area contributed by atoms with E-state index in [0.29, 0.717) is 12.3 Å². The number of aromatic nitrogens is 1. The second-order valence-electron chi connectivity index (χ2n) is 4.91. The number of amidine groups is 1. The van der Waals surface area contributed by atoms with Gasteiger partial charge in [0, 0.05) is 6.20 Å². The molecule has 4 nitrogen and oxygen atoms in total. The molecule has 1 aromatic carbocycles. The van der Waals surface area contributed by atoms with Crippen LogP contribution in [0, 0.1) is 26.2 Å². The quantitative estimate of drug-likeness (QED) is 0.662.